The summed E-state index contributed by atoms with van der Waals surface area (Å²) < 4.78 is 0. The molecule has 0 aliphatic heterocycles. The SMILES string of the molecule is C=C[CH2-].C=C[CH2-].O=[C-]O.[Zn]. The zero-order valence-corrected chi connectivity index (χ0v) is 9.01. The molecule has 0 radical (unpaired) electrons. The van der Waals surface area contributed by atoms with Crippen LogP contribution < -0.4 is 0 Å². The van der Waals surface area contributed by atoms with Gasteiger partial charge in [-0.25, -0.2) is 39.2 Å². The molecular weight excluding hydrogens is 181 g/mol. The minimum absolute atomic E-state index is 0. The van der Waals surface area contributed by atoms with E-state index in [1.165, 1.54) is 12.2 Å². The maximum Gasteiger partial charge on any atom is 0 e. The Morgan fingerprint density at radius 3 is 1.30 bits per heavy atom. The maximum atomic E-state index is 8.24. The summed E-state index contributed by atoms with van der Waals surface area (Å²) in [6.45, 7) is 13.5. The first-order chi connectivity index (χ1) is 4.24. The van der Waals surface area contributed by atoms with Gasteiger partial charge in [0, 0.05) is 19.5 Å². The summed E-state index contributed by atoms with van der Waals surface area (Å²) >= 11 is 0. The predicted octanol–water partition coefficient (Wildman–Crippen LogP) is 1.62. The average Bonchev–Trinajstić information content (AvgIpc) is 1.70. The first-order valence-electron chi connectivity index (χ1n) is 2.06. The van der Waals surface area contributed by atoms with E-state index in [-0.39, 0.29) is 19.5 Å². The Hall–Kier alpha value is -0.687. The standard InChI is InChI=1S/2C3H5.CHO2.Zn/c2*1-3-2;2-1-3;/h2*3H,1-2H2;(H,2,3);/q3*-1;. The molecule has 0 fully saturated rings. The van der Waals surface area contributed by atoms with Crippen LogP contribution >= 0.6 is 0 Å². The van der Waals surface area contributed by atoms with E-state index in [1.807, 2.05) is 0 Å². The fraction of sp³-hybridized carbons (Fsp3) is 0. The van der Waals surface area contributed by atoms with Gasteiger partial charge in [-0.3, -0.25) is 0 Å². The number of rotatable bonds is 0. The topological polar surface area (TPSA) is 37.3 Å². The summed E-state index contributed by atoms with van der Waals surface area (Å²) in [6, 6.07) is 0. The van der Waals surface area contributed by atoms with Gasteiger partial charge < -0.3 is 9.90 Å². The summed E-state index contributed by atoms with van der Waals surface area (Å²) in [4.78, 5) is 8.24. The van der Waals surface area contributed by atoms with Gasteiger partial charge >= 0.3 is 0 Å². The van der Waals surface area contributed by atoms with Crippen molar-refractivity contribution in [3.05, 3.63) is 39.2 Å². The van der Waals surface area contributed by atoms with Crippen LogP contribution in [0.25, 0.3) is 0 Å². The normalized spacial score (nSPS) is 3.60. The first kappa shape index (κ1) is 22.8. The molecule has 0 unspecified atom stereocenters. The predicted molar refractivity (Wildman–Crippen MR) is 39.4 cm³/mol. The number of hydrogen-bond donors (Lipinski definition) is 1. The van der Waals surface area contributed by atoms with Crippen molar-refractivity contribution in [1.29, 1.82) is 0 Å². The molecule has 0 aliphatic carbocycles. The van der Waals surface area contributed by atoms with Gasteiger partial charge in [-0.15, -0.1) is 0 Å². The molecule has 0 aliphatic rings. The zero-order valence-electron chi connectivity index (χ0n) is 6.05. The van der Waals surface area contributed by atoms with E-state index < -0.39 is 0 Å². The van der Waals surface area contributed by atoms with Crippen LogP contribution in [-0.4, -0.2) is 11.6 Å². The van der Waals surface area contributed by atoms with E-state index in [2.05, 4.69) is 27.0 Å². The maximum absolute atomic E-state index is 8.24. The Labute approximate surface area is 75.4 Å². The van der Waals surface area contributed by atoms with Gasteiger partial charge in [0.05, 0.1) is 0 Å². The summed E-state index contributed by atoms with van der Waals surface area (Å²) in [5.74, 6) is 0. The molecule has 0 aromatic heterocycles. The van der Waals surface area contributed by atoms with Crippen LogP contribution in [0.3, 0.4) is 0 Å². The van der Waals surface area contributed by atoms with Crippen molar-refractivity contribution >= 4 is 6.47 Å². The van der Waals surface area contributed by atoms with Crippen LogP contribution in [-0.2, 0) is 24.3 Å². The third-order valence-electron chi connectivity index (χ3n) is 0. The van der Waals surface area contributed by atoms with Gasteiger partial charge in [0.1, 0.15) is 0 Å². The van der Waals surface area contributed by atoms with Crippen molar-refractivity contribution in [2.45, 2.75) is 0 Å². The summed E-state index contributed by atoms with van der Waals surface area (Å²) in [6.07, 6.45) is 3.00. The summed E-state index contributed by atoms with van der Waals surface area (Å²) in [5.41, 5.74) is 0. The Kier molecular flexibility index (Phi) is 189. The van der Waals surface area contributed by atoms with Crippen molar-refractivity contribution in [3.63, 3.8) is 0 Å². The van der Waals surface area contributed by atoms with Crippen LogP contribution in [0.4, 0.5) is 0 Å². The van der Waals surface area contributed by atoms with Crippen molar-refractivity contribution in [1.82, 2.24) is 0 Å². The second kappa shape index (κ2) is 83.1. The molecule has 0 rings (SSSR count). The van der Waals surface area contributed by atoms with Crippen LogP contribution in [0.1, 0.15) is 0 Å². The minimum Gasteiger partial charge on any atom is -0.665 e. The van der Waals surface area contributed by atoms with Crippen LogP contribution in [0.15, 0.2) is 25.3 Å². The van der Waals surface area contributed by atoms with Gasteiger partial charge in [0.25, 0.3) is 0 Å². The zero-order chi connectivity index (χ0) is 8.12. The van der Waals surface area contributed by atoms with Gasteiger partial charge in [-0.1, -0.05) is 6.47 Å². The third kappa shape index (κ3) is 618. The van der Waals surface area contributed by atoms with E-state index in [0.717, 1.165) is 0 Å². The second-order valence-electron chi connectivity index (χ2n) is 0.669. The largest absolute Gasteiger partial charge is 0.665 e. The van der Waals surface area contributed by atoms with Crippen LogP contribution in [0.2, 0.25) is 0 Å². The fourth-order valence-electron chi connectivity index (χ4n) is 0. The molecule has 0 aromatic rings. The van der Waals surface area contributed by atoms with Crippen LogP contribution in [0.5, 0.6) is 0 Å². The van der Waals surface area contributed by atoms with E-state index in [1.54, 1.807) is 0 Å². The van der Waals surface area contributed by atoms with Crippen molar-refractivity contribution < 1.29 is 29.4 Å². The smallest absolute Gasteiger partial charge is 0 e. The molecule has 0 saturated carbocycles. The molecule has 0 aromatic carbocycles. The van der Waals surface area contributed by atoms with Crippen molar-refractivity contribution in [2.75, 3.05) is 0 Å². The van der Waals surface area contributed by atoms with E-state index in [4.69, 9.17) is 9.90 Å². The van der Waals surface area contributed by atoms with Crippen molar-refractivity contribution in [2.24, 2.45) is 0 Å². The molecule has 10 heavy (non-hydrogen) atoms. The molecule has 56 valence electrons. The molecule has 0 bridgehead atoms. The monoisotopic (exact) mass is 191 g/mol. The molecule has 0 amide bonds. The van der Waals surface area contributed by atoms with Gasteiger partial charge in [0.15, 0.2) is 0 Å². The van der Waals surface area contributed by atoms with Crippen molar-refractivity contribution in [3.8, 4) is 0 Å². The van der Waals surface area contributed by atoms with E-state index in [9.17, 15) is 0 Å². The number of allylic oxidation sites excluding steroid dienone is 2. The molecule has 0 saturated heterocycles. The van der Waals surface area contributed by atoms with E-state index >= 15 is 0 Å². The fourth-order valence-corrected chi connectivity index (χ4v) is 0. The summed E-state index contributed by atoms with van der Waals surface area (Å²) in [7, 11) is 0. The molecule has 2 nitrogen and oxygen atoms in total. The molecular formula is C7H11O2Zn-3. The van der Waals surface area contributed by atoms with Crippen LogP contribution in [0, 0.1) is 13.8 Å². The number of hydrogen-bond acceptors (Lipinski definition) is 1. The van der Waals surface area contributed by atoms with E-state index in [0.29, 0.717) is 6.47 Å². The Bertz CT molecular complexity index is 48.4. The molecule has 0 spiro atoms. The molecule has 1 N–H and O–H groups in total. The average molecular weight is 193 g/mol. The van der Waals surface area contributed by atoms with Gasteiger partial charge in [-0.2, -0.15) is 0 Å². The molecule has 3 heteroatoms. The Balaban J connectivity index is -0.0000000257. The first-order valence-corrected chi connectivity index (χ1v) is 2.06. The second-order valence-corrected chi connectivity index (χ2v) is 0.669. The van der Waals surface area contributed by atoms with Gasteiger partial charge in [-0.05, 0) is 0 Å². The summed E-state index contributed by atoms with van der Waals surface area (Å²) in [5, 5.41) is 6.76. The van der Waals surface area contributed by atoms with Gasteiger partial charge in [0.2, 0.25) is 0 Å². The quantitative estimate of drug-likeness (QED) is 0.468. The third-order valence-corrected chi connectivity index (χ3v) is 0. The molecule has 0 heterocycles. The Morgan fingerprint density at radius 2 is 1.30 bits per heavy atom. The minimum atomic E-state index is 0. The molecule has 0 atom stereocenters. The number of aliphatic hydroxyl groups excluding tert-OH is 1. The Morgan fingerprint density at radius 1 is 1.30 bits per heavy atom.